The van der Waals surface area contributed by atoms with Gasteiger partial charge in [0, 0.05) is 24.3 Å². The lowest BCUT2D eigenvalue weighted by Gasteiger charge is -2.23. The summed E-state index contributed by atoms with van der Waals surface area (Å²) >= 11 is 0. The first kappa shape index (κ1) is 25.7. The van der Waals surface area contributed by atoms with E-state index in [0.717, 1.165) is 36.9 Å². The number of aryl methyl sites for hydroxylation is 1. The first-order chi connectivity index (χ1) is 17.0. The van der Waals surface area contributed by atoms with Gasteiger partial charge in [-0.15, -0.1) is 5.10 Å². The van der Waals surface area contributed by atoms with Crippen LogP contribution in [0, 0.1) is 0 Å². The monoisotopic (exact) mass is 480 g/mol. The van der Waals surface area contributed by atoms with Crippen LogP contribution in [-0.4, -0.2) is 43.6 Å². The fourth-order valence-corrected chi connectivity index (χ4v) is 3.40. The molecule has 3 aromatic rings. The highest BCUT2D eigenvalue weighted by Crippen LogP contribution is 2.18. The Morgan fingerprint density at radius 1 is 1.06 bits per heavy atom. The molecule has 10 heteroatoms. The van der Waals surface area contributed by atoms with Gasteiger partial charge in [0.1, 0.15) is 5.75 Å². The molecule has 186 valence electrons. The maximum atomic E-state index is 13.0. The van der Waals surface area contributed by atoms with E-state index >= 15 is 0 Å². The van der Waals surface area contributed by atoms with Crippen LogP contribution in [0.3, 0.4) is 0 Å². The Labute approximate surface area is 204 Å². The third-order valence-electron chi connectivity index (χ3n) is 5.32. The average molecular weight is 481 g/mol. The van der Waals surface area contributed by atoms with Crippen LogP contribution in [0.5, 0.6) is 5.75 Å². The van der Waals surface area contributed by atoms with Crippen molar-refractivity contribution in [1.82, 2.24) is 25.4 Å². The Hall–Kier alpha value is -3.92. The van der Waals surface area contributed by atoms with Crippen LogP contribution in [0.2, 0.25) is 0 Å². The first-order valence-electron chi connectivity index (χ1n) is 11.7. The zero-order valence-corrected chi connectivity index (χ0v) is 20.1. The Bertz CT molecular complexity index is 1080. The van der Waals surface area contributed by atoms with Crippen LogP contribution in [-0.2, 0) is 19.7 Å². The summed E-state index contributed by atoms with van der Waals surface area (Å²) < 4.78 is 7.40. The normalized spacial score (nSPS) is 10.6. The topological polar surface area (TPSA) is 122 Å². The van der Waals surface area contributed by atoms with E-state index in [9.17, 15) is 9.59 Å². The third-order valence-corrected chi connectivity index (χ3v) is 5.32. The molecule has 0 spiro atoms. The van der Waals surface area contributed by atoms with Crippen LogP contribution in [0.1, 0.15) is 54.7 Å². The second kappa shape index (κ2) is 13.1. The van der Waals surface area contributed by atoms with Gasteiger partial charge in [-0.3, -0.25) is 10.0 Å². The van der Waals surface area contributed by atoms with E-state index in [1.807, 2.05) is 6.20 Å². The van der Waals surface area contributed by atoms with Crippen molar-refractivity contribution >= 4 is 17.6 Å². The maximum absolute atomic E-state index is 13.0. The fraction of sp³-hybridized carbons (Fsp3) is 0.360. The lowest BCUT2D eigenvalue weighted by Crippen LogP contribution is -2.35. The van der Waals surface area contributed by atoms with Crippen molar-refractivity contribution in [2.75, 3.05) is 11.9 Å². The number of unbranched alkanes of at least 4 members (excludes halogenated alkanes) is 1. The highest BCUT2D eigenvalue weighted by Gasteiger charge is 2.15. The molecule has 2 aromatic carbocycles. The van der Waals surface area contributed by atoms with Gasteiger partial charge in [0.05, 0.1) is 11.9 Å². The number of amides is 3. The molecule has 3 N–H and O–H groups in total. The Balaban J connectivity index is 1.56. The van der Waals surface area contributed by atoms with Gasteiger partial charge in [0.15, 0.2) is 6.73 Å². The molecule has 0 aliphatic rings. The Morgan fingerprint density at radius 3 is 2.46 bits per heavy atom. The maximum Gasteiger partial charge on any atom is 0.322 e. The molecule has 0 aliphatic carbocycles. The summed E-state index contributed by atoms with van der Waals surface area (Å²) in [5.41, 5.74) is 4.43. The summed E-state index contributed by atoms with van der Waals surface area (Å²) in [7, 11) is 0. The molecule has 3 rings (SSSR count). The number of carbonyl (C=O) groups is 2. The SMILES string of the molecule is CCCCN(Cc1ccc(C(=O)NO)cc1)C(=O)Nc1ccc(OCn2cc(CCC)nn2)cc1. The molecule has 0 saturated heterocycles. The molecule has 0 atom stereocenters. The van der Waals surface area contributed by atoms with Crippen LogP contribution in [0.4, 0.5) is 10.5 Å². The van der Waals surface area contributed by atoms with Gasteiger partial charge < -0.3 is 15.0 Å². The molecular weight excluding hydrogens is 448 g/mol. The molecule has 0 fully saturated rings. The largest absolute Gasteiger partial charge is 0.471 e. The second-order valence-corrected chi connectivity index (χ2v) is 8.14. The average Bonchev–Trinajstić information content (AvgIpc) is 3.33. The van der Waals surface area contributed by atoms with Crippen molar-refractivity contribution in [2.24, 2.45) is 0 Å². The summed E-state index contributed by atoms with van der Waals surface area (Å²) in [5.74, 6) is 0.0810. The fourth-order valence-electron chi connectivity index (χ4n) is 3.40. The van der Waals surface area contributed by atoms with Gasteiger partial charge in [0.25, 0.3) is 5.91 Å². The summed E-state index contributed by atoms with van der Waals surface area (Å²) in [6, 6.07) is 13.7. The number of ether oxygens (including phenoxy) is 1. The number of hydrogen-bond donors (Lipinski definition) is 3. The summed E-state index contributed by atoms with van der Waals surface area (Å²) in [5, 5.41) is 19.8. The number of anilines is 1. The zero-order valence-electron chi connectivity index (χ0n) is 20.1. The van der Waals surface area contributed by atoms with Crippen molar-refractivity contribution in [3.8, 4) is 5.75 Å². The molecule has 1 heterocycles. The molecule has 3 amide bonds. The third kappa shape index (κ3) is 7.82. The molecule has 10 nitrogen and oxygen atoms in total. The van der Waals surface area contributed by atoms with Crippen molar-refractivity contribution in [1.29, 1.82) is 0 Å². The van der Waals surface area contributed by atoms with E-state index in [4.69, 9.17) is 9.94 Å². The number of nitrogens with zero attached hydrogens (tertiary/aromatic N) is 4. The van der Waals surface area contributed by atoms with E-state index in [0.29, 0.717) is 30.1 Å². The van der Waals surface area contributed by atoms with Gasteiger partial charge >= 0.3 is 6.03 Å². The minimum atomic E-state index is -0.577. The van der Waals surface area contributed by atoms with Gasteiger partial charge in [-0.25, -0.2) is 15.0 Å². The van der Waals surface area contributed by atoms with Crippen LogP contribution in [0.15, 0.2) is 54.7 Å². The smallest absolute Gasteiger partial charge is 0.322 e. The molecule has 0 aliphatic heterocycles. The van der Waals surface area contributed by atoms with E-state index in [-0.39, 0.29) is 12.8 Å². The highest BCUT2D eigenvalue weighted by molar-refractivity contribution is 5.93. The lowest BCUT2D eigenvalue weighted by molar-refractivity contribution is 0.0706. The van der Waals surface area contributed by atoms with Crippen molar-refractivity contribution in [3.05, 3.63) is 71.5 Å². The predicted molar refractivity (Wildman–Crippen MR) is 131 cm³/mol. The van der Waals surface area contributed by atoms with Crippen LogP contribution >= 0.6 is 0 Å². The number of nitrogens with one attached hydrogen (secondary N) is 2. The minimum Gasteiger partial charge on any atom is -0.471 e. The number of urea groups is 1. The number of hydroxylamine groups is 1. The predicted octanol–water partition coefficient (Wildman–Crippen LogP) is 4.22. The molecule has 0 radical (unpaired) electrons. The number of aromatic nitrogens is 3. The second-order valence-electron chi connectivity index (χ2n) is 8.14. The summed E-state index contributed by atoms with van der Waals surface area (Å²) in [4.78, 5) is 26.2. The molecule has 0 saturated carbocycles. The first-order valence-corrected chi connectivity index (χ1v) is 11.7. The van der Waals surface area contributed by atoms with Gasteiger partial charge in [-0.1, -0.05) is 44.0 Å². The van der Waals surface area contributed by atoms with Gasteiger partial charge in [-0.2, -0.15) is 0 Å². The van der Waals surface area contributed by atoms with Crippen LogP contribution < -0.4 is 15.5 Å². The standard InChI is InChI=1S/C25H32N6O4/c1-3-5-15-30(16-19-7-9-20(10-8-19)24(32)28-34)25(33)26-21-11-13-23(14-12-21)35-18-31-17-22(6-4-2)27-29-31/h7-14,17,34H,3-6,15-16,18H2,1-2H3,(H,26,33)(H,28,32). The van der Waals surface area contributed by atoms with Crippen LogP contribution in [0.25, 0.3) is 0 Å². The number of rotatable bonds is 12. The number of benzene rings is 2. The van der Waals surface area contributed by atoms with Gasteiger partial charge in [-0.05, 0) is 54.8 Å². The summed E-state index contributed by atoms with van der Waals surface area (Å²) in [6.07, 6.45) is 5.59. The zero-order chi connectivity index (χ0) is 25.0. The van der Waals surface area contributed by atoms with Gasteiger partial charge in [0.2, 0.25) is 0 Å². The minimum absolute atomic E-state index is 0.213. The Kier molecular flexibility index (Phi) is 9.61. The molecule has 1 aromatic heterocycles. The van der Waals surface area contributed by atoms with E-state index < -0.39 is 5.91 Å². The van der Waals surface area contributed by atoms with E-state index in [1.165, 1.54) is 0 Å². The van der Waals surface area contributed by atoms with E-state index in [2.05, 4.69) is 29.5 Å². The molecule has 0 unspecified atom stereocenters. The van der Waals surface area contributed by atoms with Crippen molar-refractivity contribution in [2.45, 2.75) is 52.8 Å². The molecule has 35 heavy (non-hydrogen) atoms. The molecular formula is C25H32N6O4. The van der Waals surface area contributed by atoms with E-state index in [1.54, 1.807) is 63.6 Å². The lowest BCUT2D eigenvalue weighted by atomic mass is 10.1. The number of hydrogen-bond acceptors (Lipinski definition) is 6. The summed E-state index contributed by atoms with van der Waals surface area (Å²) in [6.45, 7) is 5.41. The number of carbonyl (C=O) groups excluding carboxylic acids is 2. The van der Waals surface area contributed by atoms with Crippen molar-refractivity contribution < 1.29 is 19.5 Å². The quantitative estimate of drug-likeness (QED) is 0.264. The molecule has 0 bridgehead atoms. The Morgan fingerprint density at radius 2 is 1.80 bits per heavy atom. The highest BCUT2D eigenvalue weighted by atomic mass is 16.5. The van der Waals surface area contributed by atoms with Crippen molar-refractivity contribution in [3.63, 3.8) is 0 Å².